The lowest BCUT2D eigenvalue weighted by atomic mass is 10.2. The van der Waals surface area contributed by atoms with Crippen molar-refractivity contribution in [1.82, 2.24) is 9.55 Å². The first-order valence-electron chi connectivity index (χ1n) is 9.80. The predicted octanol–water partition coefficient (Wildman–Crippen LogP) is 4.61. The van der Waals surface area contributed by atoms with Crippen LogP contribution in [0.1, 0.15) is 17.5 Å². The average molecular weight is 449 g/mol. The van der Waals surface area contributed by atoms with E-state index >= 15 is 0 Å². The number of hydrogen-bond acceptors (Lipinski definition) is 5. The Labute approximate surface area is 180 Å². The molecule has 3 aromatic rings. The van der Waals surface area contributed by atoms with Crippen molar-refractivity contribution in [2.45, 2.75) is 25.7 Å². The zero-order chi connectivity index (χ0) is 22.9. The van der Waals surface area contributed by atoms with Gasteiger partial charge in [-0.25, -0.2) is 9.18 Å². The summed E-state index contributed by atoms with van der Waals surface area (Å²) in [6.07, 6.45) is -3.68. The third-order valence-corrected chi connectivity index (χ3v) is 5.00. The number of nitrogens with zero attached hydrogens (tertiary/aromatic N) is 3. The summed E-state index contributed by atoms with van der Waals surface area (Å²) >= 11 is 0. The van der Waals surface area contributed by atoms with Gasteiger partial charge in [0, 0.05) is 26.2 Å². The summed E-state index contributed by atoms with van der Waals surface area (Å²) in [7, 11) is 1.87. The lowest BCUT2D eigenvalue weighted by molar-refractivity contribution is -0.137. The highest BCUT2D eigenvalue weighted by Crippen LogP contribution is 2.33. The normalized spacial score (nSPS) is 13.6. The molecule has 0 N–H and O–H groups in total. The monoisotopic (exact) mass is 449 g/mol. The maximum absolute atomic E-state index is 14.5. The molecule has 0 saturated carbocycles. The second-order valence-electron chi connectivity index (χ2n) is 7.34. The molecule has 1 aliphatic heterocycles. The summed E-state index contributed by atoms with van der Waals surface area (Å²) in [5, 5.41) is 0. The van der Waals surface area contributed by atoms with Crippen molar-refractivity contribution in [2.24, 2.45) is 0 Å². The van der Waals surface area contributed by atoms with Gasteiger partial charge in [0.15, 0.2) is 11.6 Å². The molecule has 2 heterocycles. The highest BCUT2D eigenvalue weighted by molar-refractivity contribution is 5.43. The Morgan fingerprint density at radius 3 is 2.66 bits per heavy atom. The van der Waals surface area contributed by atoms with Crippen LogP contribution >= 0.6 is 0 Å². The van der Waals surface area contributed by atoms with E-state index in [1.54, 1.807) is 10.6 Å². The Hall–Kier alpha value is -3.56. The minimum atomic E-state index is -4.53. The summed E-state index contributed by atoms with van der Waals surface area (Å²) in [5.74, 6) is -0.297. The number of ether oxygens (including phenoxy) is 2. The molecule has 1 aliphatic rings. The van der Waals surface area contributed by atoms with E-state index in [0.29, 0.717) is 17.9 Å². The van der Waals surface area contributed by atoms with Crippen molar-refractivity contribution in [2.75, 3.05) is 18.5 Å². The highest BCUT2D eigenvalue weighted by atomic mass is 19.4. The number of hydrogen-bond donors (Lipinski definition) is 0. The average Bonchev–Trinajstić information content (AvgIpc) is 2.74. The van der Waals surface area contributed by atoms with Crippen LogP contribution in [-0.2, 0) is 19.3 Å². The third kappa shape index (κ3) is 4.68. The Bertz CT molecular complexity index is 1190. The van der Waals surface area contributed by atoms with E-state index in [-0.39, 0.29) is 24.0 Å². The van der Waals surface area contributed by atoms with Gasteiger partial charge in [0.1, 0.15) is 18.2 Å². The zero-order valence-electron chi connectivity index (χ0n) is 17.0. The van der Waals surface area contributed by atoms with Crippen molar-refractivity contribution < 1.29 is 27.0 Å². The summed E-state index contributed by atoms with van der Waals surface area (Å²) in [4.78, 5) is 18.0. The van der Waals surface area contributed by atoms with E-state index in [0.717, 1.165) is 31.2 Å². The minimum Gasteiger partial charge on any atom is -0.473 e. The van der Waals surface area contributed by atoms with Gasteiger partial charge in [-0.15, -0.1) is 0 Å². The molecule has 0 saturated heterocycles. The first kappa shape index (κ1) is 21.7. The van der Waals surface area contributed by atoms with Crippen molar-refractivity contribution >= 4 is 5.82 Å². The van der Waals surface area contributed by atoms with E-state index in [2.05, 4.69) is 4.98 Å². The van der Waals surface area contributed by atoms with Crippen LogP contribution in [0.3, 0.4) is 0 Å². The quantitative estimate of drug-likeness (QED) is 0.533. The molecule has 1 aromatic heterocycles. The number of fused-ring (bicyclic) bond motifs is 1. The van der Waals surface area contributed by atoms with Crippen LogP contribution in [0.25, 0.3) is 0 Å². The van der Waals surface area contributed by atoms with E-state index < -0.39 is 23.2 Å². The lowest BCUT2D eigenvalue weighted by Gasteiger charge is -2.28. The fourth-order valence-corrected chi connectivity index (χ4v) is 3.39. The van der Waals surface area contributed by atoms with Crippen LogP contribution in [0.4, 0.5) is 23.4 Å². The van der Waals surface area contributed by atoms with Gasteiger partial charge in [-0.05, 0) is 42.3 Å². The number of aromatic nitrogens is 2. The molecule has 4 rings (SSSR count). The van der Waals surface area contributed by atoms with Crippen molar-refractivity contribution in [3.05, 3.63) is 76.0 Å². The second kappa shape index (κ2) is 8.52. The van der Waals surface area contributed by atoms with E-state index in [4.69, 9.17) is 9.47 Å². The molecule has 0 amide bonds. The topological polar surface area (TPSA) is 56.6 Å². The molecule has 32 heavy (non-hydrogen) atoms. The Morgan fingerprint density at radius 2 is 1.91 bits per heavy atom. The third-order valence-electron chi connectivity index (χ3n) is 5.00. The van der Waals surface area contributed by atoms with Crippen LogP contribution in [0, 0.1) is 5.82 Å². The fraction of sp³-hybridized carbons (Fsp3) is 0.273. The van der Waals surface area contributed by atoms with Gasteiger partial charge >= 0.3 is 11.9 Å². The van der Waals surface area contributed by atoms with Gasteiger partial charge in [-0.1, -0.05) is 12.1 Å². The highest BCUT2D eigenvalue weighted by Gasteiger charge is 2.30. The smallest absolute Gasteiger partial charge is 0.416 e. The van der Waals surface area contributed by atoms with E-state index in [9.17, 15) is 22.4 Å². The molecule has 10 heteroatoms. The molecule has 0 unspecified atom stereocenters. The molecule has 0 fully saturated rings. The van der Waals surface area contributed by atoms with Crippen molar-refractivity contribution in [3.8, 4) is 17.4 Å². The molecule has 0 atom stereocenters. The number of rotatable bonds is 5. The van der Waals surface area contributed by atoms with Crippen molar-refractivity contribution in [3.63, 3.8) is 0 Å². The van der Waals surface area contributed by atoms with Crippen LogP contribution in [0.15, 0.2) is 53.3 Å². The standard InChI is InChI=1S/C22H19F4N3O3/c1-28-8-3-9-29-20(28)12-19(27-21(29)30)31-13-14-6-7-18(17(23)10-14)32-16-5-2-4-15(11-16)22(24,25)26/h2,4-7,10-12H,3,8-9,13H2,1H3. The molecule has 0 bridgehead atoms. The van der Waals surface area contributed by atoms with Gasteiger partial charge < -0.3 is 14.4 Å². The van der Waals surface area contributed by atoms with Gasteiger partial charge in [0.2, 0.25) is 5.88 Å². The van der Waals surface area contributed by atoms with Crippen LogP contribution in [-0.4, -0.2) is 23.1 Å². The maximum Gasteiger partial charge on any atom is 0.416 e. The minimum absolute atomic E-state index is 0.0552. The molecule has 6 nitrogen and oxygen atoms in total. The van der Waals surface area contributed by atoms with Gasteiger partial charge in [0.05, 0.1) is 5.56 Å². The summed E-state index contributed by atoms with van der Waals surface area (Å²) in [5.41, 5.74) is -0.869. The van der Waals surface area contributed by atoms with Crippen LogP contribution < -0.4 is 20.1 Å². The first-order chi connectivity index (χ1) is 15.2. The maximum atomic E-state index is 14.5. The summed E-state index contributed by atoms with van der Waals surface area (Å²) in [6, 6.07) is 9.82. The van der Waals surface area contributed by atoms with Gasteiger partial charge in [-0.2, -0.15) is 18.2 Å². The van der Waals surface area contributed by atoms with Crippen molar-refractivity contribution in [1.29, 1.82) is 0 Å². The Balaban J connectivity index is 1.46. The first-order valence-corrected chi connectivity index (χ1v) is 9.80. The Kier molecular flexibility index (Phi) is 5.77. The number of alkyl halides is 3. The lowest BCUT2D eigenvalue weighted by Crippen LogP contribution is -2.36. The van der Waals surface area contributed by atoms with Gasteiger partial charge in [0.25, 0.3) is 0 Å². The molecule has 2 aromatic carbocycles. The number of benzene rings is 2. The largest absolute Gasteiger partial charge is 0.473 e. The fourth-order valence-electron chi connectivity index (χ4n) is 3.39. The summed E-state index contributed by atoms with van der Waals surface area (Å²) < 4.78 is 65.4. The van der Waals surface area contributed by atoms with Crippen LogP contribution in [0.2, 0.25) is 0 Å². The zero-order valence-corrected chi connectivity index (χ0v) is 17.0. The molecule has 0 spiro atoms. The Morgan fingerprint density at radius 1 is 1.09 bits per heavy atom. The number of halogens is 4. The SMILES string of the molecule is CN1CCCn2c1cc(OCc1ccc(Oc3cccc(C(F)(F)F)c3)c(F)c1)nc2=O. The van der Waals surface area contributed by atoms with E-state index in [1.165, 1.54) is 24.3 Å². The van der Waals surface area contributed by atoms with Gasteiger partial charge in [-0.3, -0.25) is 4.57 Å². The predicted molar refractivity (Wildman–Crippen MR) is 109 cm³/mol. The molecule has 168 valence electrons. The molecule has 0 aliphatic carbocycles. The number of anilines is 1. The van der Waals surface area contributed by atoms with Crippen LogP contribution in [0.5, 0.6) is 17.4 Å². The molecule has 0 radical (unpaired) electrons. The molecular formula is C22H19F4N3O3. The molecular weight excluding hydrogens is 430 g/mol. The van der Waals surface area contributed by atoms with E-state index in [1.807, 2.05) is 11.9 Å². The second-order valence-corrected chi connectivity index (χ2v) is 7.34. The summed E-state index contributed by atoms with van der Waals surface area (Å²) in [6.45, 7) is 1.34.